The molecule has 1 aliphatic rings. The monoisotopic (exact) mass is 355 g/mol. The van der Waals surface area contributed by atoms with Crippen molar-refractivity contribution in [2.75, 3.05) is 13.2 Å². The van der Waals surface area contributed by atoms with Crippen molar-refractivity contribution in [2.45, 2.75) is 25.5 Å². The van der Waals surface area contributed by atoms with Crippen LogP contribution >= 0.6 is 0 Å². The maximum atomic E-state index is 12.2. The first-order valence-corrected chi connectivity index (χ1v) is 8.57. The van der Waals surface area contributed by atoms with Gasteiger partial charge in [0.15, 0.2) is 0 Å². The number of carboxylic acids is 1. The summed E-state index contributed by atoms with van der Waals surface area (Å²) in [6.07, 6.45) is 2.26. The molecule has 1 heterocycles. The third-order valence-electron chi connectivity index (χ3n) is 4.23. The van der Waals surface area contributed by atoms with Crippen molar-refractivity contribution in [1.29, 1.82) is 0 Å². The summed E-state index contributed by atoms with van der Waals surface area (Å²) in [7, 11) is 0. The number of hydrogen-bond acceptors (Lipinski definition) is 4. The minimum Gasteiger partial charge on any atom is -0.491 e. The largest absolute Gasteiger partial charge is 0.491 e. The number of carbonyl (C=O) groups is 2. The van der Waals surface area contributed by atoms with Gasteiger partial charge in [-0.15, -0.1) is 0 Å². The summed E-state index contributed by atoms with van der Waals surface area (Å²) < 4.78 is 11.2. The fourth-order valence-electron chi connectivity index (χ4n) is 2.72. The number of rotatable bonds is 7. The first kappa shape index (κ1) is 17.9. The third kappa shape index (κ3) is 4.83. The number of amides is 1. The Hall–Kier alpha value is -2.86. The van der Waals surface area contributed by atoms with Gasteiger partial charge in [0.25, 0.3) is 5.91 Å². The van der Waals surface area contributed by atoms with Crippen LogP contribution in [-0.2, 0) is 11.3 Å². The van der Waals surface area contributed by atoms with Crippen molar-refractivity contribution in [3.63, 3.8) is 0 Å². The molecule has 0 aliphatic carbocycles. The van der Waals surface area contributed by atoms with E-state index >= 15 is 0 Å². The molecule has 2 aromatic rings. The van der Waals surface area contributed by atoms with Gasteiger partial charge in [0, 0.05) is 18.7 Å². The molecular weight excluding hydrogens is 334 g/mol. The SMILES string of the molecule is O=C(O)c1ccc(CNC(=O)c2ccc(OCC3CCCO3)cc2)cc1. The number of hydrogen-bond donors (Lipinski definition) is 2. The number of aromatic carboxylic acids is 1. The first-order valence-electron chi connectivity index (χ1n) is 8.57. The highest BCUT2D eigenvalue weighted by Gasteiger charge is 2.16. The number of ether oxygens (including phenoxy) is 2. The summed E-state index contributed by atoms with van der Waals surface area (Å²) in [6, 6.07) is 13.4. The highest BCUT2D eigenvalue weighted by molar-refractivity contribution is 5.94. The Labute approximate surface area is 151 Å². The molecule has 1 atom stereocenters. The van der Waals surface area contributed by atoms with Gasteiger partial charge in [0.2, 0.25) is 0 Å². The summed E-state index contributed by atoms with van der Waals surface area (Å²) in [5.41, 5.74) is 1.59. The second kappa shape index (κ2) is 8.49. The van der Waals surface area contributed by atoms with Gasteiger partial charge in [0.1, 0.15) is 12.4 Å². The minimum atomic E-state index is -0.970. The van der Waals surface area contributed by atoms with Gasteiger partial charge in [-0.25, -0.2) is 4.79 Å². The molecule has 1 amide bonds. The second-order valence-electron chi connectivity index (χ2n) is 6.16. The van der Waals surface area contributed by atoms with Gasteiger partial charge >= 0.3 is 5.97 Å². The average Bonchev–Trinajstić information content (AvgIpc) is 3.19. The lowest BCUT2D eigenvalue weighted by atomic mass is 10.1. The van der Waals surface area contributed by atoms with E-state index in [2.05, 4.69) is 5.32 Å². The molecule has 6 heteroatoms. The van der Waals surface area contributed by atoms with E-state index in [9.17, 15) is 9.59 Å². The van der Waals surface area contributed by atoms with E-state index in [1.165, 1.54) is 12.1 Å². The molecule has 3 rings (SSSR count). The Balaban J connectivity index is 1.48. The predicted molar refractivity (Wildman–Crippen MR) is 95.5 cm³/mol. The van der Waals surface area contributed by atoms with E-state index in [0.29, 0.717) is 24.5 Å². The van der Waals surface area contributed by atoms with Crippen molar-refractivity contribution in [3.05, 3.63) is 65.2 Å². The Morgan fingerprint density at radius 2 is 1.77 bits per heavy atom. The zero-order valence-corrected chi connectivity index (χ0v) is 14.3. The van der Waals surface area contributed by atoms with Crippen LogP contribution in [0, 0.1) is 0 Å². The molecule has 2 aromatic carbocycles. The van der Waals surface area contributed by atoms with Crippen molar-refractivity contribution in [1.82, 2.24) is 5.32 Å². The highest BCUT2D eigenvalue weighted by atomic mass is 16.5. The van der Waals surface area contributed by atoms with Crippen LogP contribution in [0.4, 0.5) is 0 Å². The summed E-state index contributed by atoms with van der Waals surface area (Å²) in [4.78, 5) is 23.0. The molecule has 0 radical (unpaired) electrons. The van der Waals surface area contributed by atoms with Crippen molar-refractivity contribution < 1.29 is 24.2 Å². The molecule has 6 nitrogen and oxygen atoms in total. The van der Waals surface area contributed by atoms with Crippen LogP contribution in [0.3, 0.4) is 0 Å². The Kier molecular flexibility index (Phi) is 5.86. The minimum absolute atomic E-state index is 0.158. The van der Waals surface area contributed by atoms with Gasteiger partial charge in [-0.3, -0.25) is 4.79 Å². The summed E-state index contributed by atoms with van der Waals surface area (Å²) >= 11 is 0. The zero-order valence-electron chi connectivity index (χ0n) is 14.3. The van der Waals surface area contributed by atoms with Gasteiger partial charge < -0.3 is 19.9 Å². The number of carboxylic acid groups (broad SMARTS) is 1. The molecule has 0 spiro atoms. The fraction of sp³-hybridized carbons (Fsp3) is 0.300. The van der Waals surface area contributed by atoms with Crippen LogP contribution in [-0.4, -0.2) is 36.3 Å². The quantitative estimate of drug-likeness (QED) is 0.798. The number of nitrogens with one attached hydrogen (secondary N) is 1. The zero-order chi connectivity index (χ0) is 18.4. The standard InChI is InChI=1S/C20H21NO5/c22-19(21-12-14-3-5-16(6-4-14)20(23)24)15-7-9-17(10-8-15)26-13-18-2-1-11-25-18/h3-10,18H,1-2,11-13H2,(H,21,22)(H,23,24). The summed E-state index contributed by atoms with van der Waals surface area (Å²) in [6.45, 7) is 1.65. The Morgan fingerprint density at radius 3 is 2.38 bits per heavy atom. The summed E-state index contributed by atoms with van der Waals surface area (Å²) in [5.74, 6) is -0.457. The maximum Gasteiger partial charge on any atom is 0.335 e. The van der Waals surface area contributed by atoms with Crippen LogP contribution < -0.4 is 10.1 Å². The van der Waals surface area contributed by atoms with Crippen LogP contribution in [0.15, 0.2) is 48.5 Å². The highest BCUT2D eigenvalue weighted by Crippen LogP contribution is 2.16. The van der Waals surface area contributed by atoms with Gasteiger partial charge in [-0.2, -0.15) is 0 Å². The van der Waals surface area contributed by atoms with E-state index in [1.54, 1.807) is 36.4 Å². The lowest BCUT2D eigenvalue weighted by Gasteiger charge is -2.12. The Morgan fingerprint density at radius 1 is 1.08 bits per heavy atom. The van der Waals surface area contributed by atoms with Crippen molar-refractivity contribution in [3.8, 4) is 5.75 Å². The van der Waals surface area contributed by atoms with E-state index in [0.717, 1.165) is 25.0 Å². The molecular formula is C20H21NO5. The van der Waals surface area contributed by atoms with Crippen LogP contribution in [0.5, 0.6) is 5.75 Å². The van der Waals surface area contributed by atoms with E-state index in [-0.39, 0.29) is 17.6 Å². The third-order valence-corrected chi connectivity index (χ3v) is 4.23. The lowest BCUT2D eigenvalue weighted by Crippen LogP contribution is -2.22. The van der Waals surface area contributed by atoms with E-state index in [4.69, 9.17) is 14.6 Å². The molecule has 136 valence electrons. The lowest BCUT2D eigenvalue weighted by molar-refractivity contribution is 0.0679. The summed E-state index contributed by atoms with van der Waals surface area (Å²) in [5, 5.41) is 11.7. The van der Waals surface area contributed by atoms with Crippen LogP contribution in [0.2, 0.25) is 0 Å². The second-order valence-corrected chi connectivity index (χ2v) is 6.16. The van der Waals surface area contributed by atoms with E-state index in [1.807, 2.05) is 0 Å². The smallest absolute Gasteiger partial charge is 0.335 e. The topological polar surface area (TPSA) is 84.9 Å². The van der Waals surface area contributed by atoms with Crippen LogP contribution in [0.25, 0.3) is 0 Å². The molecule has 0 aromatic heterocycles. The Bertz CT molecular complexity index is 749. The molecule has 2 N–H and O–H groups in total. The maximum absolute atomic E-state index is 12.2. The molecule has 1 fully saturated rings. The normalized spacial score (nSPS) is 16.2. The van der Waals surface area contributed by atoms with E-state index < -0.39 is 5.97 Å². The first-order chi connectivity index (χ1) is 12.6. The van der Waals surface area contributed by atoms with Gasteiger partial charge in [-0.1, -0.05) is 12.1 Å². The van der Waals surface area contributed by atoms with Crippen molar-refractivity contribution in [2.24, 2.45) is 0 Å². The average molecular weight is 355 g/mol. The molecule has 0 saturated carbocycles. The van der Waals surface area contributed by atoms with Crippen LogP contribution in [0.1, 0.15) is 39.1 Å². The van der Waals surface area contributed by atoms with Gasteiger partial charge in [-0.05, 0) is 54.8 Å². The molecule has 26 heavy (non-hydrogen) atoms. The fourth-order valence-corrected chi connectivity index (χ4v) is 2.72. The number of carbonyl (C=O) groups excluding carboxylic acids is 1. The molecule has 0 bridgehead atoms. The van der Waals surface area contributed by atoms with Gasteiger partial charge in [0.05, 0.1) is 11.7 Å². The van der Waals surface area contributed by atoms with Crippen molar-refractivity contribution >= 4 is 11.9 Å². The molecule has 1 aliphatic heterocycles. The molecule has 1 unspecified atom stereocenters. The predicted octanol–water partition coefficient (Wildman–Crippen LogP) is 2.87. The molecule has 1 saturated heterocycles. The number of benzene rings is 2.